The van der Waals surface area contributed by atoms with Crippen molar-refractivity contribution in [3.05, 3.63) is 263 Å². The first kappa shape index (κ1) is 46.2. The van der Waals surface area contributed by atoms with Crippen LogP contribution in [0.25, 0.3) is 45.0 Å². The minimum atomic E-state index is -0.157. The molecule has 0 aromatic heterocycles. The lowest BCUT2D eigenvalue weighted by Gasteiger charge is -2.41. The summed E-state index contributed by atoms with van der Waals surface area (Å²) in [5.74, 6) is 0.637. The Balaban J connectivity index is 0.000000514. The second-order valence-corrected chi connectivity index (χ2v) is 16.7. The van der Waals surface area contributed by atoms with Crippen molar-refractivity contribution in [2.45, 2.75) is 79.1 Å². The minimum Gasteiger partial charge on any atom is -0.0870 e. The molecule has 0 aliphatic heterocycles. The molecule has 0 fully saturated rings. The highest BCUT2D eigenvalue weighted by Crippen LogP contribution is 2.59. The first-order valence-electron chi connectivity index (χ1n) is 24.0. The van der Waals surface area contributed by atoms with Gasteiger partial charge in [-0.2, -0.15) is 0 Å². The quantitative estimate of drug-likeness (QED) is 0.143. The van der Waals surface area contributed by atoms with Gasteiger partial charge in [-0.1, -0.05) is 259 Å². The fourth-order valence-electron chi connectivity index (χ4n) is 10.1. The summed E-state index contributed by atoms with van der Waals surface area (Å²) in [4.78, 5) is 0. The maximum Gasteiger partial charge on any atom is 0.0491 e. The van der Waals surface area contributed by atoms with Gasteiger partial charge in [-0.3, -0.25) is 0 Å². The van der Waals surface area contributed by atoms with Crippen LogP contribution < -0.4 is 0 Å². The molecule has 0 amide bonds. The van der Waals surface area contributed by atoms with Crippen molar-refractivity contribution >= 4 is 11.6 Å². The van der Waals surface area contributed by atoms with Gasteiger partial charge < -0.3 is 0 Å². The van der Waals surface area contributed by atoms with Crippen molar-refractivity contribution in [3.8, 4) is 33.4 Å². The zero-order valence-corrected chi connectivity index (χ0v) is 39.6. The molecule has 65 heavy (non-hydrogen) atoms. The zero-order chi connectivity index (χ0) is 45.6. The van der Waals surface area contributed by atoms with Crippen molar-refractivity contribution in [1.29, 1.82) is 0 Å². The topological polar surface area (TPSA) is 0 Å². The molecule has 3 aliphatic carbocycles. The van der Waals surface area contributed by atoms with E-state index in [4.69, 9.17) is 0 Å². The Kier molecular flexibility index (Phi) is 15.8. The number of aryl methyl sites for hydroxylation is 1. The predicted octanol–water partition coefficient (Wildman–Crippen LogP) is 18.5. The highest BCUT2D eigenvalue weighted by atomic mass is 14.5. The molecule has 7 aromatic carbocycles. The van der Waals surface area contributed by atoms with Crippen molar-refractivity contribution in [2.24, 2.45) is 5.92 Å². The van der Waals surface area contributed by atoms with Crippen LogP contribution in [0.3, 0.4) is 0 Å². The fraction of sp³-hybridized carbons (Fsp3) is 0.200. The Morgan fingerprint density at radius 3 is 1.88 bits per heavy atom. The molecule has 10 rings (SSSR count). The van der Waals surface area contributed by atoms with Gasteiger partial charge in [0.15, 0.2) is 0 Å². The molecule has 7 aromatic rings. The highest BCUT2D eigenvalue weighted by Gasteiger charge is 2.50. The summed E-state index contributed by atoms with van der Waals surface area (Å²) in [7, 11) is 0. The predicted molar refractivity (Wildman–Crippen MR) is 284 cm³/mol. The number of allylic oxidation sites excluding steroid dienone is 9. The average Bonchev–Trinajstić information content (AvgIpc) is 3.69. The number of fused-ring (bicyclic) bond motifs is 2. The Morgan fingerprint density at radius 1 is 0.554 bits per heavy atom. The highest BCUT2D eigenvalue weighted by molar-refractivity contribution is 5.91. The zero-order valence-electron chi connectivity index (χ0n) is 39.6. The first-order chi connectivity index (χ1) is 32.1. The van der Waals surface area contributed by atoms with Gasteiger partial charge >= 0.3 is 0 Å². The lowest BCUT2D eigenvalue weighted by atomic mass is 9.60. The van der Waals surface area contributed by atoms with Crippen LogP contribution >= 0.6 is 0 Å². The summed E-state index contributed by atoms with van der Waals surface area (Å²) in [6.07, 6.45) is 21.6. The van der Waals surface area contributed by atoms with Gasteiger partial charge in [0.25, 0.3) is 0 Å². The van der Waals surface area contributed by atoms with Crippen LogP contribution in [0.2, 0.25) is 0 Å². The Labute approximate surface area is 391 Å². The number of benzene rings is 7. The van der Waals surface area contributed by atoms with E-state index < -0.39 is 0 Å². The molecule has 0 heterocycles. The number of hydrogen-bond acceptors (Lipinski definition) is 0. The van der Waals surface area contributed by atoms with Crippen molar-refractivity contribution < 1.29 is 0 Å². The van der Waals surface area contributed by atoms with Crippen molar-refractivity contribution in [1.82, 2.24) is 0 Å². The normalized spacial score (nSPS) is 17.1. The van der Waals surface area contributed by atoms with Gasteiger partial charge in [0.2, 0.25) is 0 Å². The molecule has 0 spiro atoms. The van der Waals surface area contributed by atoms with Gasteiger partial charge in [0.1, 0.15) is 0 Å². The molecular formula is C65H66. The number of rotatable bonds is 8. The molecule has 3 atom stereocenters. The van der Waals surface area contributed by atoms with E-state index in [1.54, 1.807) is 5.57 Å². The third-order valence-corrected chi connectivity index (χ3v) is 13.1. The van der Waals surface area contributed by atoms with Crippen LogP contribution in [-0.4, -0.2) is 0 Å². The molecule has 3 unspecified atom stereocenters. The molecule has 0 saturated carbocycles. The smallest absolute Gasteiger partial charge is 0.0491 e. The fourth-order valence-corrected chi connectivity index (χ4v) is 10.1. The Morgan fingerprint density at radius 2 is 1.20 bits per heavy atom. The average molecular weight is 847 g/mol. The SMILES string of the molecule is C/C=C\c1ccccc1-c1ccccc1-c1ccc(C(C)c2cccc(-c3ccc4c(c3)C3=C(CCC=C3)C4(c3ccccc3)C3C=CC=CC3)c2)cc1.CC.CC.Cc1ccccc1. The summed E-state index contributed by atoms with van der Waals surface area (Å²) in [6, 6.07) is 64.8. The lowest BCUT2D eigenvalue weighted by molar-refractivity contribution is 0.435. The van der Waals surface area contributed by atoms with E-state index in [9.17, 15) is 0 Å². The monoisotopic (exact) mass is 847 g/mol. The molecule has 0 saturated heterocycles. The second-order valence-electron chi connectivity index (χ2n) is 16.7. The van der Waals surface area contributed by atoms with E-state index >= 15 is 0 Å². The second kappa shape index (κ2) is 22.2. The van der Waals surface area contributed by atoms with Crippen LogP contribution in [-0.2, 0) is 5.41 Å². The van der Waals surface area contributed by atoms with E-state index in [1.165, 1.54) is 77.9 Å². The third kappa shape index (κ3) is 9.69. The van der Waals surface area contributed by atoms with Crippen LogP contribution in [0.5, 0.6) is 0 Å². The van der Waals surface area contributed by atoms with Gasteiger partial charge in [-0.25, -0.2) is 0 Å². The summed E-state index contributed by atoms with van der Waals surface area (Å²) < 4.78 is 0. The molecule has 0 heteroatoms. The van der Waals surface area contributed by atoms with E-state index in [2.05, 4.69) is 227 Å². The molecular weight excluding hydrogens is 781 g/mol. The van der Waals surface area contributed by atoms with Crippen molar-refractivity contribution in [2.75, 3.05) is 0 Å². The van der Waals surface area contributed by atoms with Gasteiger partial charge in [0.05, 0.1) is 0 Å². The van der Waals surface area contributed by atoms with Crippen LogP contribution in [0.4, 0.5) is 0 Å². The standard InChI is InChI=1S/C54H46.C7H8.2C2H6/c1-3-17-40-18-10-11-25-47(40)49-27-13-12-26-48(49)41-32-30-39(31-33-41)38(2)42-19-16-20-43(36-42)44-34-35-53-51(37-44)50-28-14-15-29-52(50)54(53,45-21-6-4-7-22-45)46-23-8-5-9-24-46;1-7-5-3-2-4-6-7;2*1-2/h3-14,16-23,25-28,30-38,46H,15,24,29H2,1-2H3;2-6H,1H3;2*1-2H3/b17-3-;;;. The van der Waals surface area contributed by atoms with Crippen LogP contribution in [0.1, 0.15) is 106 Å². The van der Waals surface area contributed by atoms with E-state index in [0.717, 1.165) is 19.3 Å². The molecule has 0 bridgehead atoms. The van der Waals surface area contributed by atoms with Gasteiger partial charge in [0, 0.05) is 11.3 Å². The van der Waals surface area contributed by atoms with E-state index in [0.29, 0.717) is 5.92 Å². The van der Waals surface area contributed by atoms with E-state index in [1.807, 2.05) is 45.9 Å². The lowest BCUT2D eigenvalue weighted by Crippen LogP contribution is -2.37. The maximum absolute atomic E-state index is 2.48. The Bertz CT molecular complexity index is 2790. The minimum absolute atomic E-state index is 0.157. The number of hydrogen-bond donors (Lipinski definition) is 0. The van der Waals surface area contributed by atoms with Crippen LogP contribution in [0, 0.1) is 12.8 Å². The maximum atomic E-state index is 2.48. The summed E-state index contributed by atoms with van der Waals surface area (Å²) in [5.41, 5.74) is 19.9. The van der Waals surface area contributed by atoms with Gasteiger partial charge in [-0.15, -0.1) is 0 Å². The third-order valence-electron chi connectivity index (χ3n) is 13.1. The molecule has 0 nitrogen and oxygen atoms in total. The summed E-state index contributed by atoms with van der Waals surface area (Å²) >= 11 is 0. The summed E-state index contributed by atoms with van der Waals surface area (Å²) in [5, 5.41) is 0. The molecule has 3 aliphatic rings. The van der Waals surface area contributed by atoms with Crippen LogP contribution in [0.15, 0.2) is 224 Å². The first-order valence-corrected chi connectivity index (χ1v) is 24.0. The Hall–Kier alpha value is -6.76. The van der Waals surface area contributed by atoms with Gasteiger partial charge in [-0.05, 0) is 123 Å². The molecule has 0 N–H and O–H groups in total. The molecule has 326 valence electrons. The largest absolute Gasteiger partial charge is 0.0870 e. The summed E-state index contributed by atoms with van der Waals surface area (Å²) in [6.45, 7) is 14.5. The van der Waals surface area contributed by atoms with Crippen molar-refractivity contribution in [3.63, 3.8) is 0 Å². The van der Waals surface area contributed by atoms with E-state index in [-0.39, 0.29) is 11.3 Å². The molecule has 0 radical (unpaired) electrons.